The van der Waals surface area contributed by atoms with E-state index in [0.29, 0.717) is 17.0 Å². The number of esters is 1. The van der Waals surface area contributed by atoms with Crippen LogP contribution in [-0.4, -0.2) is 37.2 Å². The van der Waals surface area contributed by atoms with Gasteiger partial charge in [-0.15, -0.1) is 0 Å². The number of nitrogens with zero attached hydrogens (tertiary/aromatic N) is 1. The standard InChI is InChI=1S/C21H20F2N2O4/c1-3-28-20(26)18-17(12-29-16-10-8-15(23)9-11-16)25(2)21(27)24-19(18)13-4-6-14(22)7-5-13/h4-11,19H,3,12H2,1-2H3,(H,24,27). The molecule has 1 N–H and O–H groups in total. The number of urea groups is 1. The number of amides is 2. The fourth-order valence-corrected chi connectivity index (χ4v) is 2.97. The van der Waals surface area contributed by atoms with Gasteiger partial charge in [-0.3, -0.25) is 4.90 Å². The Bertz CT molecular complexity index is 927. The molecule has 2 aromatic carbocycles. The molecule has 2 amide bonds. The highest BCUT2D eigenvalue weighted by molar-refractivity contribution is 5.95. The highest BCUT2D eigenvalue weighted by Gasteiger charge is 2.37. The minimum Gasteiger partial charge on any atom is -0.487 e. The van der Waals surface area contributed by atoms with E-state index in [0.717, 1.165) is 0 Å². The Balaban J connectivity index is 2.01. The van der Waals surface area contributed by atoms with E-state index in [1.54, 1.807) is 6.92 Å². The van der Waals surface area contributed by atoms with E-state index < -0.39 is 29.7 Å². The zero-order chi connectivity index (χ0) is 21.0. The van der Waals surface area contributed by atoms with E-state index in [9.17, 15) is 18.4 Å². The topological polar surface area (TPSA) is 67.9 Å². The van der Waals surface area contributed by atoms with Crippen LogP contribution in [0.5, 0.6) is 5.75 Å². The van der Waals surface area contributed by atoms with Crippen LogP contribution in [0.2, 0.25) is 0 Å². The first-order valence-electron chi connectivity index (χ1n) is 8.99. The highest BCUT2D eigenvalue weighted by Crippen LogP contribution is 2.31. The minimum absolute atomic E-state index is 0.124. The molecule has 1 heterocycles. The number of hydrogen-bond acceptors (Lipinski definition) is 4. The smallest absolute Gasteiger partial charge is 0.338 e. The monoisotopic (exact) mass is 402 g/mol. The molecule has 0 bridgehead atoms. The van der Waals surface area contributed by atoms with Gasteiger partial charge in [-0.1, -0.05) is 12.1 Å². The number of halogens is 2. The first kappa shape index (κ1) is 20.3. The molecule has 0 aliphatic carbocycles. The van der Waals surface area contributed by atoms with Crippen LogP contribution in [0.3, 0.4) is 0 Å². The summed E-state index contributed by atoms with van der Waals surface area (Å²) in [4.78, 5) is 26.5. The number of rotatable bonds is 6. The maximum absolute atomic E-state index is 13.3. The molecule has 0 saturated carbocycles. The molecule has 3 rings (SSSR count). The largest absolute Gasteiger partial charge is 0.487 e. The molecule has 29 heavy (non-hydrogen) atoms. The van der Waals surface area contributed by atoms with Crippen LogP contribution in [0.1, 0.15) is 18.5 Å². The molecule has 1 unspecified atom stereocenters. The van der Waals surface area contributed by atoms with Gasteiger partial charge >= 0.3 is 12.0 Å². The molecule has 0 saturated heterocycles. The summed E-state index contributed by atoms with van der Waals surface area (Å²) in [6.45, 7) is 1.69. The van der Waals surface area contributed by atoms with Crippen LogP contribution >= 0.6 is 0 Å². The number of nitrogens with one attached hydrogen (secondary N) is 1. The van der Waals surface area contributed by atoms with Gasteiger partial charge in [-0.25, -0.2) is 18.4 Å². The normalized spacial score (nSPS) is 16.5. The Kier molecular flexibility index (Phi) is 6.11. The van der Waals surface area contributed by atoms with E-state index in [1.807, 2.05) is 0 Å². The molecular weight excluding hydrogens is 382 g/mol. The summed E-state index contributed by atoms with van der Waals surface area (Å²) in [6, 6.07) is 9.57. The van der Waals surface area contributed by atoms with Crippen LogP contribution in [0.15, 0.2) is 59.8 Å². The molecule has 8 heteroatoms. The van der Waals surface area contributed by atoms with Crippen molar-refractivity contribution >= 4 is 12.0 Å². The van der Waals surface area contributed by atoms with Crippen molar-refractivity contribution in [1.82, 2.24) is 10.2 Å². The van der Waals surface area contributed by atoms with E-state index >= 15 is 0 Å². The summed E-state index contributed by atoms with van der Waals surface area (Å²) in [5, 5.41) is 2.73. The summed E-state index contributed by atoms with van der Waals surface area (Å²) in [6.07, 6.45) is 0. The number of carbonyl (C=O) groups excluding carboxylic acids is 2. The predicted octanol–water partition coefficient (Wildman–Crippen LogP) is 3.56. The van der Waals surface area contributed by atoms with Crippen molar-refractivity contribution in [3.05, 3.63) is 77.0 Å². The molecule has 1 aliphatic heterocycles. The van der Waals surface area contributed by atoms with Crippen molar-refractivity contribution in [3.8, 4) is 5.75 Å². The van der Waals surface area contributed by atoms with Gasteiger partial charge in [0.05, 0.1) is 23.9 Å². The second kappa shape index (κ2) is 8.72. The summed E-state index contributed by atoms with van der Waals surface area (Å²) in [5.74, 6) is -1.09. The van der Waals surface area contributed by atoms with Crippen LogP contribution in [0.4, 0.5) is 13.6 Å². The van der Waals surface area contributed by atoms with Crippen molar-refractivity contribution in [3.63, 3.8) is 0 Å². The lowest BCUT2D eigenvalue weighted by Crippen LogP contribution is -2.48. The Morgan fingerprint density at radius 1 is 1.07 bits per heavy atom. The predicted molar refractivity (Wildman–Crippen MR) is 101 cm³/mol. The van der Waals surface area contributed by atoms with Gasteiger partial charge in [0.25, 0.3) is 0 Å². The van der Waals surface area contributed by atoms with Crippen LogP contribution in [0, 0.1) is 11.6 Å². The molecule has 1 aliphatic rings. The maximum Gasteiger partial charge on any atom is 0.338 e. The van der Waals surface area contributed by atoms with Crippen molar-refractivity contribution in [2.24, 2.45) is 0 Å². The first-order chi connectivity index (χ1) is 13.9. The molecule has 0 spiro atoms. The Labute approximate surface area is 166 Å². The van der Waals surface area contributed by atoms with Crippen molar-refractivity contribution in [2.75, 3.05) is 20.3 Å². The van der Waals surface area contributed by atoms with Gasteiger partial charge in [0.1, 0.15) is 24.0 Å². The number of hydrogen-bond donors (Lipinski definition) is 1. The summed E-state index contributed by atoms with van der Waals surface area (Å²) in [5.41, 5.74) is 1.00. The summed E-state index contributed by atoms with van der Waals surface area (Å²) < 4.78 is 37.3. The molecule has 6 nitrogen and oxygen atoms in total. The molecule has 0 fully saturated rings. The third-order valence-electron chi connectivity index (χ3n) is 4.46. The maximum atomic E-state index is 13.3. The molecule has 0 aromatic heterocycles. The molecule has 2 aromatic rings. The average Bonchev–Trinajstić information content (AvgIpc) is 2.70. The Morgan fingerprint density at radius 3 is 2.24 bits per heavy atom. The summed E-state index contributed by atoms with van der Waals surface area (Å²) in [7, 11) is 1.50. The van der Waals surface area contributed by atoms with Gasteiger partial charge in [0.2, 0.25) is 0 Å². The third kappa shape index (κ3) is 4.53. The highest BCUT2D eigenvalue weighted by atomic mass is 19.1. The molecular formula is C21H20F2N2O4. The van der Waals surface area contributed by atoms with Crippen LogP contribution in [0.25, 0.3) is 0 Å². The lowest BCUT2D eigenvalue weighted by Gasteiger charge is -2.34. The van der Waals surface area contributed by atoms with Gasteiger partial charge in [-0.2, -0.15) is 0 Å². The zero-order valence-corrected chi connectivity index (χ0v) is 15.9. The van der Waals surface area contributed by atoms with E-state index in [2.05, 4.69) is 5.32 Å². The Hall–Kier alpha value is -3.42. The fraction of sp³-hybridized carbons (Fsp3) is 0.238. The van der Waals surface area contributed by atoms with Crippen molar-refractivity contribution in [1.29, 1.82) is 0 Å². The van der Waals surface area contributed by atoms with E-state index in [1.165, 1.54) is 60.5 Å². The van der Waals surface area contributed by atoms with Crippen molar-refractivity contribution in [2.45, 2.75) is 13.0 Å². The number of likely N-dealkylation sites (N-methyl/N-ethyl adjacent to an activating group) is 1. The second-order valence-corrected chi connectivity index (χ2v) is 6.32. The van der Waals surface area contributed by atoms with Crippen LogP contribution < -0.4 is 10.1 Å². The van der Waals surface area contributed by atoms with E-state index in [-0.39, 0.29) is 18.8 Å². The Morgan fingerprint density at radius 2 is 1.66 bits per heavy atom. The van der Waals surface area contributed by atoms with Gasteiger partial charge in [-0.05, 0) is 48.9 Å². The second-order valence-electron chi connectivity index (χ2n) is 6.32. The number of benzene rings is 2. The van der Waals surface area contributed by atoms with Crippen molar-refractivity contribution < 1.29 is 27.8 Å². The number of carbonyl (C=O) groups is 2. The summed E-state index contributed by atoms with van der Waals surface area (Å²) >= 11 is 0. The average molecular weight is 402 g/mol. The zero-order valence-electron chi connectivity index (χ0n) is 15.9. The lowest BCUT2D eigenvalue weighted by molar-refractivity contribution is -0.139. The van der Waals surface area contributed by atoms with Crippen LogP contribution in [-0.2, 0) is 9.53 Å². The SMILES string of the molecule is CCOC(=O)C1=C(COc2ccc(F)cc2)N(C)C(=O)NC1c1ccc(F)cc1. The fourth-order valence-electron chi connectivity index (χ4n) is 2.97. The van der Waals surface area contributed by atoms with E-state index in [4.69, 9.17) is 9.47 Å². The van der Waals surface area contributed by atoms with Gasteiger partial charge < -0.3 is 14.8 Å². The van der Waals surface area contributed by atoms with Gasteiger partial charge in [0.15, 0.2) is 0 Å². The number of ether oxygens (including phenoxy) is 2. The minimum atomic E-state index is -0.829. The third-order valence-corrected chi connectivity index (χ3v) is 4.46. The molecule has 1 atom stereocenters. The molecule has 152 valence electrons. The first-order valence-corrected chi connectivity index (χ1v) is 8.99. The lowest BCUT2D eigenvalue weighted by atomic mass is 9.94. The molecule has 0 radical (unpaired) electrons. The quantitative estimate of drug-likeness (QED) is 0.751. The van der Waals surface area contributed by atoms with Gasteiger partial charge in [0, 0.05) is 7.05 Å².